The molecule has 6 heteroatoms. The van der Waals surface area contributed by atoms with Gasteiger partial charge in [-0.3, -0.25) is 14.4 Å². The van der Waals surface area contributed by atoms with Crippen molar-refractivity contribution in [2.75, 3.05) is 11.9 Å². The van der Waals surface area contributed by atoms with Gasteiger partial charge in [-0.2, -0.15) is 0 Å². The Morgan fingerprint density at radius 1 is 1.04 bits per heavy atom. The molecule has 1 rings (SSSR count). The molecule has 1 aromatic rings. The van der Waals surface area contributed by atoms with Crippen molar-refractivity contribution in [2.45, 2.75) is 33.6 Å². The number of amides is 2. The zero-order chi connectivity index (χ0) is 17.4. The van der Waals surface area contributed by atoms with E-state index in [1.807, 2.05) is 6.92 Å². The van der Waals surface area contributed by atoms with E-state index in [4.69, 9.17) is 5.11 Å². The van der Waals surface area contributed by atoms with Crippen molar-refractivity contribution in [3.05, 3.63) is 29.8 Å². The summed E-state index contributed by atoms with van der Waals surface area (Å²) in [4.78, 5) is 33.8. The zero-order valence-electron chi connectivity index (χ0n) is 13.8. The molecular weight excluding hydrogens is 296 g/mol. The van der Waals surface area contributed by atoms with Gasteiger partial charge in [-0.25, -0.2) is 0 Å². The van der Waals surface area contributed by atoms with Gasteiger partial charge in [-0.05, 0) is 29.5 Å². The van der Waals surface area contributed by atoms with Crippen molar-refractivity contribution in [1.29, 1.82) is 0 Å². The van der Waals surface area contributed by atoms with Crippen LogP contribution in [0, 0.1) is 11.8 Å². The van der Waals surface area contributed by atoms with Crippen molar-refractivity contribution in [1.82, 2.24) is 5.32 Å². The number of aliphatic carboxylic acids is 1. The molecule has 6 nitrogen and oxygen atoms in total. The molecule has 2 amide bonds. The van der Waals surface area contributed by atoms with Crippen LogP contribution in [0.3, 0.4) is 0 Å². The molecule has 1 unspecified atom stereocenters. The Morgan fingerprint density at radius 3 is 2.17 bits per heavy atom. The minimum absolute atomic E-state index is 0.0295. The lowest BCUT2D eigenvalue weighted by Gasteiger charge is -2.15. The maximum atomic E-state index is 11.9. The molecule has 3 N–H and O–H groups in total. The minimum Gasteiger partial charge on any atom is -0.480 e. The molecule has 0 fully saturated rings. The SMILES string of the molecule is CC(C)C(C)CC(=O)Nc1ccc(CC(=O)NCC(=O)O)cc1. The smallest absolute Gasteiger partial charge is 0.322 e. The van der Waals surface area contributed by atoms with E-state index in [2.05, 4.69) is 24.5 Å². The minimum atomic E-state index is -1.08. The third-order valence-corrected chi connectivity index (χ3v) is 3.68. The largest absolute Gasteiger partial charge is 0.480 e. The molecule has 0 saturated carbocycles. The quantitative estimate of drug-likeness (QED) is 0.683. The number of anilines is 1. The summed E-state index contributed by atoms with van der Waals surface area (Å²) < 4.78 is 0. The molecule has 0 aliphatic rings. The highest BCUT2D eigenvalue weighted by Crippen LogP contribution is 2.16. The van der Waals surface area contributed by atoms with Gasteiger partial charge in [0.25, 0.3) is 0 Å². The van der Waals surface area contributed by atoms with E-state index >= 15 is 0 Å². The highest BCUT2D eigenvalue weighted by atomic mass is 16.4. The van der Waals surface area contributed by atoms with Crippen LogP contribution in [0.1, 0.15) is 32.8 Å². The first-order chi connectivity index (χ1) is 10.8. The topological polar surface area (TPSA) is 95.5 Å². The van der Waals surface area contributed by atoms with Crippen LogP contribution in [0.25, 0.3) is 0 Å². The fourth-order valence-electron chi connectivity index (χ4n) is 1.87. The van der Waals surface area contributed by atoms with Crippen LogP contribution < -0.4 is 10.6 Å². The van der Waals surface area contributed by atoms with Gasteiger partial charge in [-0.15, -0.1) is 0 Å². The van der Waals surface area contributed by atoms with Crippen molar-refractivity contribution < 1.29 is 19.5 Å². The molecule has 0 aromatic heterocycles. The average molecular weight is 320 g/mol. The summed E-state index contributed by atoms with van der Waals surface area (Å²) in [6, 6.07) is 6.94. The zero-order valence-corrected chi connectivity index (χ0v) is 13.8. The van der Waals surface area contributed by atoms with Gasteiger partial charge >= 0.3 is 5.97 Å². The fourth-order valence-corrected chi connectivity index (χ4v) is 1.87. The molecule has 0 aliphatic heterocycles. The Morgan fingerprint density at radius 2 is 1.65 bits per heavy atom. The van der Waals surface area contributed by atoms with Gasteiger partial charge in [0.2, 0.25) is 11.8 Å². The van der Waals surface area contributed by atoms with E-state index in [0.29, 0.717) is 23.9 Å². The summed E-state index contributed by atoms with van der Waals surface area (Å²) in [6.07, 6.45) is 0.572. The lowest BCUT2D eigenvalue weighted by atomic mass is 9.94. The number of hydrogen-bond acceptors (Lipinski definition) is 3. The summed E-state index contributed by atoms with van der Waals surface area (Å²) >= 11 is 0. The number of nitrogens with one attached hydrogen (secondary N) is 2. The fraction of sp³-hybridized carbons (Fsp3) is 0.471. The lowest BCUT2D eigenvalue weighted by molar-refractivity contribution is -0.137. The van der Waals surface area contributed by atoms with Crippen molar-refractivity contribution in [3.63, 3.8) is 0 Å². The van der Waals surface area contributed by atoms with Gasteiger partial charge in [0, 0.05) is 12.1 Å². The number of carboxylic acid groups (broad SMARTS) is 1. The monoisotopic (exact) mass is 320 g/mol. The van der Waals surface area contributed by atoms with E-state index in [0.717, 1.165) is 5.56 Å². The van der Waals surface area contributed by atoms with Crippen molar-refractivity contribution in [3.8, 4) is 0 Å². The number of hydrogen-bond donors (Lipinski definition) is 3. The Kier molecular flexibility index (Phi) is 7.25. The van der Waals surface area contributed by atoms with Gasteiger partial charge in [0.1, 0.15) is 6.54 Å². The normalized spacial score (nSPS) is 11.8. The van der Waals surface area contributed by atoms with E-state index in [1.54, 1.807) is 24.3 Å². The predicted octanol–water partition coefficient (Wildman–Crippen LogP) is 2.05. The maximum absolute atomic E-state index is 11.9. The molecule has 0 saturated heterocycles. The van der Waals surface area contributed by atoms with Crippen molar-refractivity contribution in [2.24, 2.45) is 11.8 Å². The van der Waals surface area contributed by atoms with Crippen LogP contribution in [-0.4, -0.2) is 29.4 Å². The maximum Gasteiger partial charge on any atom is 0.322 e. The molecule has 0 spiro atoms. The molecule has 0 bridgehead atoms. The second-order valence-corrected chi connectivity index (χ2v) is 6.02. The summed E-state index contributed by atoms with van der Waals surface area (Å²) in [5.74, 6) is -0.695. The molecule has 0 radical (unpaired) electrons. The van der Waals surface area contributed by atoms with Crippen LogP contribution in [0.5, 0.6) is 0 Å². The number of carbonyl (C=O) groups is 3. The number of carboxylic acids is 1. The number of carbonyl (C=O) groups excluding carboxylic acids is 2. The molecule has 0 aliphatic carbocycles. The molecule has 1 aromatic carbocycles. The van der Waals surface area contributed by atoms with Crippen molar-refractivity contribution >= 4 is 23.5 Å². The first kappa shape index (κ1) is 18.7. The van der Waals surface area contributed by atoms with Crippen LogP contribution in [0.15, 0.2) is 24.3 Å². The summed E-state index contributed by atoms with van der Waals surface area (Å²) in [5.41, 5.74) is 1.43. The molecule has 126 valence electrons. The Labute approximate surface area is 136 Å². The second-order valence-electron chi connectivity index (χ2n) is 6.02. The Balaban J connectivity index is 2.48. The Bertz CT molecular complexity index is 552. The second kappa shape index (κ2) is 8.92. The summed E-state index contributed by atoms with van der Waals surface area (Å²) in [5, 5.41) is 13.6. The lowest BCUT2D eigenvalue weighted by Crippen LogP contribution is -2.30. The Hall–Kier alpha value is -2.37. The summed E-state index contributed by atoms with van der Waals surface area (Å²) in [6.45, 7) is 5.83. The molecule has 1 atom stereocenters. The van der Waals surface area contributed by atoms with Crippen LogP contribution >= 0.6 is 0 Å². The predicted molar refractivity (Wildman–Crippen MR) is 88.0 cm³/mol. The average Bonchev–Trinajstić information content (AvgIpc) is 2.47. The van der Waals surface area contributed by atoms with E-state index < -0.39 is 5.97 Å². The van der Waals surface area contributed by atoms with Crippen LogP contribution in [0.2, 0.25) is 0 Å². The standard InChI is InChI=1S/C17H24N2O4/c1-11(2)12(3)8-16(21)19-14-6-4-13(5-7-14)9-15(20)18-10-17(22)23/h4-7,11-12H,8-10H2,1-3H3,(H,18,20)(H,19,21)(H,22,23). The third kappa shape index (κ3) is 7.44. The highest BCUT2D eigenvalue weighted by Gasteiger charge is 2.12. The van der Waals surface area contributed by atoms with E-state index in [9.17, 15) is 14.4 Å². The van der Waals surface area contributed by atoms with Gasteiger partial charge < -0.3 is 15.7 Å². The number of rotatable bonds is 8. The third-order valence-electron chi connectivity index (χ3n) is 3.68. The molecule has 0 heterocycles. The van der Waals surface area contributed by atoms with E-state index in [1.165, 1.54) is 0 Å². The molecule has 23 heavy (non-hydrogen) atoms. The first-order valence-electron chi connectivity index (χ1n) is 7.65. The van der Waals surface area contributed by atoms with Crippen LogP contribution in [-0.2, 0) is 20.8 Å². The highest BCUT2D eigenvalue weighted by molar-refractivity contribution is 5.91. The first-order valence-corrected chi connectivity index (χ1v) is 7.65. The van der Waals surface area contributed by atoms with Gasteiger partial charge in [-0.1, -0.05) is 32.9 Å². The van der Waals surface area contributed by atoms with Gasteiger partial charge in [0.05, 0.1) is 6.42 Å². The number of benzene rings is 1. The van der Waals surface area contributed by atoms with Gasteiger partial charge in [0.15, 0.2) is 0 Å². The van der Waals surface area contributed by atoms with Crippen LogP contribution in [0.4, 0.5) is 5.69 Å². The molecular formula is C17H24N2O4. The van der Waals surface area contributed by atoms with E-state index in [-0.39, 0.29) is 24.8 Å². The summed E-state index contributed by atoms with van der Waals surface area (Å²) in [7, 11) is 0.